The van der Waals surface area contributed by atoms with E-state index in [1.54, 1.807) is 12.1 Å². The highest BCUT2D eigenvalue weighted by Crippen LogP contribution is 2.23. The predicted octanol–water partition coefficient (Wildman–Crippen LogP) is 3.20. The minimum absolute atomic E-state index is 0.181. The quantitative estimate of drug-likeness (QED) is 0.745. The van der Waals surface area contributed by atoms with Gasteiger partial charge in [-0.3, -0.25) is 0 Å². The summed E-state index contributed by atoms with van der Waals surface area (Å²) in [6.45, 7) is 7.96. The Hall–Kier alpha value is -1.13. The molecule has 4 heteroatoms. The largest absolute Gasteiger partial charge is 0.372 e. The van der Waals surface area contributed by atoms with E-state index in [1.807, 2.05) is 6.07 Å². The minimum Gasteiger partial charge on any atom is -0.372 e. The van der Waals surface area contributed by atoms with Gasteiger partial charge in [-0.2, -0.15) is 0 Å². The van der Waals surface area contributed by atoms with Crippen molar-refractivity contribution in [3.05, 3.63) is 30.1 Å². The van der Waals surface area contributed by atoms with Crippen molar-refractivity contribution in [1.29, 1.82) is 0 Å². The van der Waals surface area contributed by atoms with Crippen LogP contribution < -0.4 is 10.2 Å². The first-order valence-electron chi connectivity index (χ1n) is 8.09. The molecule has 2 atom stereocenters. The van der Waals surface area contributed by atoms with Crippen molar-refractivity contribution in [2.75, 3.05) is 31.1 Å². The van der Waals surface area contributed by atoms with Crippen molar-refractivity contribution in [3.63, 3.8) is 0 Å². The molecule has 2 unspecified atom stereocenters. The maximum Gasteiger partial charge on any atom is 0.125 e. The maximum absolute atomic E-state index is 13.3. The van der Waals surface area contributed by atoms with Crippen molar-refractivity contribution in [3.8, 4) is 0 Å². The summed E-state index contributed by atoms with van der Waals surface area (Å²) in [6, 6.07) is 6.81. The molecule has 0 radical (unpaired) electrons. The second-order valence-electron chi connectivity index (χ2n) is 5.68. The average Bonchev–Trinajstić information content (AvgIpc) is 2.92. The molecule has 1 N–H and O–H groups in total. The Morgan fingerprint density at radius 1 is 1.29 bits per heavy atom. The molecule has 1 aromatic rings. The van der Waals surface area contributed by atoms with Crippen LogP contribution in [0.1, 0.15) is 33.1 Å². The molecule has 1 heterocycles. The molecule has 0 amide bonds. The summed E-state index contributed by atoms with van der Waals surface area (Å²) in [5.74, 6) is -0.181. The molecule has 1 saturated heterocycles. The number of nitrogens with zero attached hydrogens (tertiary/aromatic N) is 1. The Bertz CT molecular complexity index is 427. The van der Waals surface area contributed by atoms with E-state index in [1.165, 1.54) is 6.07 Å². The van der Waals surface area contributed by atoms with Crippen LogP contribution in [0, 0.1) is 5.82 Å². The van der Waals surface area contributed by atoms with Crippen LogP contribution in [0.25, 0.3) is 0 Å². The molecule has 0 aliphatic carbocycles. The van der Waals surface area contributed by atoms with Crippen LogP contribution in [-0.2, 0) is 4.74 Å². The zero-order valence-corrected chi connectivity index (χ0v) is 13.1. The van der Waals surface area contributed by atoms with Crippen molar-refractivity contribution in [2.24, 2.45) is 0 Å². The standard InChI is InChI=1S/C17H27FN2O/c1-3-10-19-12-16-8-9-17(21-16)13-20(4-2)15-7-5-6-14(18)11-15/h5-7,11,16-17,19H,3-4,8-10,12-13H2,1-2H3. The molecule has 1 aliphatic rings. The Morgan fingerprint density at radius 3 is 2.81 bits per heavy atom. The summed E-state index contributed by atoms with van der Waals surface area (Å²) in [6.07, 6.45) is 3.93. The molecule has 0 bridgehead atoms. The topological polar surface area (TPSA) is 24.5 Å². The van der Waals surface area contributed by atoms with Gasteiger partial charge < -0.3 is 15.0 Å². The number of likely N-dealkylation sites (N-methyl/N-ethyl adjacent to an activating group) is 1. The van der Waals surface area contributed by atoms with Crippen LogP contribution in [0.2, 0.25) is 0 Å². The molecule has 1 aliphatic heterocycles. The maximum atomic E-state index is 13.3. The van der Waals surface area contributed by atoms with Crippen LogP contribution in [0.3, 0.4) is 0 Å². The molecule has 118 valence electrons. The van der Waals surface area contributed by atoms with Crippen molar-refractivity contribution >= 4 is 5.69 Å². The van der Waals surface area contributed by atoms with Crippen LogP contribution in [0.4, 0.5) is 10.1 Å². The summed E-state index contributed by atoms with van der Waals surface area (Å²) < 4.78 is 19.4. The van der Waals surface area contributed by atoms with Gasteiger partial charge in [0.25, 0.3) is 0 Å². The van der Waals surface area contributed by atoms with Gasteiger partial charge in [0.15, 0.2) is 0 Å². The lowest BCUT2D eigenvalue weighted by atomic mass is 10.1. The van der Waals surface area contributed by atoms with Crippen molar-refractivity contribution in [2.45, 2.75) is 45.3 Å². The van der Waals surface area contributed by atoms with Gasteiger partial charge in [0.2, 0.25) is 0 Å². The molecule has 1 aromatic carbocycles. The lowest BCUT2D eigenvalue weighted by Gasteiger charge is -2.26. The fraction of sp³-hybridized carbons (Fsp3) is 0.647. The van der Waals surface area contributed by atoms with Gasteiger partial charge in [-0.05, 0) is 50.9 Å². The van der Waals surface area contributed by atoms with Gasteiger partial charge in [0.05, 0.1) is 12.2 Å². The lowest BCUT2D eigenvalue weighted by Crippen LogP contribution is -2.34. The van der Waals surface area contributed by atoms with E-state index < -0.39 is 0 Å². The SMILES string of the molecule is CCCNCC1CCC(CN(CC)c2cccc(F)c2)O1. The summed E-state index contributed by atoms with van der Waals surface area (Å²) in [4.78, 5) is 2.19. The number of anilines is 1. The van der Waals surface area contributed by atoms with Crippen molar-refractivity contribution in [1.82, 2.24) is 5.32 Å². The fourth-order valence-electron chi connectivity index (χ4n) is 2.84. The van der Waals surface area contributed by atoms with E-state index in [0.717, 1.165) is 51.1 Å². The molecular weight excluding hydrogens is 267 g/mol. The monoisotopic (exact) mass is 294 g/mol. The molecule has 0 spiro atoms. The molecule has 3 nitrogen and oxygen atoms in total. The van der Waals surface area contributed by atoms with Gasteiger partial charge in [0.1, 0.15) is 5.82 Å². The number of benzene rings is 1. The first kappa shape index (κ1) is 16.2. The van der Waals surface area contributed by atoms with E-state index in [-0.39, 0.29) is 11.9 Å². The Morgan fingerprint density at radius 2 is 2.10 bits per heavy atom. The zero-order valence-electron chi connectivity index (χ0n) is 13.1. The first-order chi connectivity index (χ1) is 10.2. The Labute approximate surface area is 127 Å². The highest BCUT2D eigenvalue weighted by atomic mass is 19.1. The Balaban J connectivity index is 1.83. The van der Waals surface area contributed by atoms with E-state index in [2.05, 4.69) is 24.1 Å². The summed E-state index contributed by atoms with van der Waals surface area (Å²) in [7, 11) is 0. The van der Waals surface area contributed by atoms with Crippen LogP contribution in [0.5, 0.6) is 0 Å². The zero-order chi connectivity index (χ0) is 15.1. The molecule has 0 aromatic heterocycles. The van der Waals surface area contributed by atoms with Crippen LogP contribution in [-0.4, -0.2) is 38.4 Å². The number of nitrogens with one attached hydrogen (secondary N) is 1. The fourth-order valence-corrected chi connectivity index (χ4v) is 2.84. The second-order valence-corrected chi connectivity index (χ2v) is 5.68. The third kappa shape index (κ3) is 4.97. The van der Waals surface area contributed by atoms with E-state index in [0.29, 0.717) is 6.10 Å². The molecule has 21 heavy (non-hydrogen) atoms. The van der Waals surface area contributed by atoms with Gasteiger partial charge in [-0.25, -0.2) is 4.39 Å². The van der Waals surface area contributed by atoms with Crippen molar-refractivity contribution < 1.29 is 9.13 Å². The first-order valence-corrected chi connectivity index (χ1v) is 8.09. The molecule has 1 fully saturated rings. The van der Waals surface area contributed by atoms with Gasteiger partial charge >= 0.3 is 0 Å². The minimum atomic E-state index is -0.181. The van der Waals surface area contributed by atoms with E-state index >= 15 is 0 Å². The van der Waals surface area contributed by atoms with Crippen LogP contribution >= 0.6 is 0 Å². The number of halogens is 1. The summed E-state index contributed by atoms with van der Waals surface area (Å²) in [5.41, 5.74) is 0.939. The second kappa shape index (κ2) is 8.35. The van der Waals surface area contributed by atoms with E-state index in [4.69, 9.17) is 4.74 Å². The summed E-state index contributed by atoms with van der Waals surface area (Å²) in [5, 5.41) is 3.42. The van der Waals surface area contributed by atoms with E-state index in [9.17, 15) is 4.39 Å². The number of hydrogen-bond acceptors (Lipinski definition) is 3. The molecular formula is C17H27FN2O. The normalized spacial score (nSPS) is 21.7. The van der Waals surface area contributed by atoms with Gasteiger partial charge in [-0.1, -0.05) is 13.0 Å². The highest BCUT2D eigenvalue weighted by Gasteiger charge is 2.26. The smallest absolute Gasteiger partial charge is 0.125 e. The predicted molar refractivity (Wildman–Crippen MR) is 85.3 cm³/mol. The van der Waals surface area contributed by atoms with Gasteiger partial charge in [-0.15, -0.1) is 0 Å². The highest BCUT2D eigenvalue weighted by molar-refractivity contribution is 5.46. The average molecular weight is 294 g/mol. The number of hydrogen-bond donors (Lipinski definition) is 1. The van der Waals surface area contributed by atoms with Crippen LogP contribution in [0.15, 0.2) is 24.3 Å². The lowest BCUT2D eigenvalue weighted by molar-refractivity contribution is 0.0496. The number of rotatable bonds is 8. The third-order valence-electron chi connectivity index (χ3n) is 3.97. The summed E-state index contributed by atoms with van der Waals surface area (Å²) >= 11 is 0. The molecule has 0 saturated carbocycles. The molecule has 2 rings (SSSR count). The van der Waals surface area contributed by atoms with Gasteiger partial charge in [0, 0.05) is 25.3 Å². The Kier molecular flexibility index (Phi) is 6.46. The number of ether oxygens (including phenoxy) is 1. The third-order valence-corrected chi connectivity index (χ3v) is 3.97.